The van der Waals surface area contributed by atoms with E-state index in [1.807, 2.05) is 6.07 Å². The van der Waals surface area contributed by atoms with Crippen LogP contribution in [0.3, 0.4) is 0 Å². The van der Waals surface area contributed by atoms with Gasteiger partial charge in [0.1, 0.15) is 17.4 Å². The zero-order valence-electron chi connectivity index (χ0n) is 11.6. The van der Waals surface area contributed by atoms with Crippen LogP contribution in [0.4, 0.5) is 10.1 Å². The van der Waals surface area contributed by atoms with Crippen LogP contribution in [0.15, 0.2) is 18.2 Å². The normalized spacial score (nSPS) is 22.2. The van der Waals surface area contributed by atoms with Crippen LogP contribution in [0.1, 0.15) is 44.1 Å². The Morgan fingerprint density at radius 1 is 1.35 bits per heavy atom. The van der Waals surface area contributed by atoms with E-state index in [0.29, 0.717) is 18.2 Å². The summed E-state index contributed by atoms with van der Waals surface area (Å²) in [5.74, 6) is -0.0892. The minimum Gasteiger partial charge on any atom is -0.393 e. The summed E-state index contributed by atoms with van der Waals surface area (Å²) in [6.07, 6.45) is 6.09. The largest absolute Gasteiger partial charge is 0.393 e. The number of aliphatic hydroxyl groups is 1. The van der Waals surface area contributed by atoms with Crippen molar-refractivity contribution in [2.45, 2.75) is 44.6 Å². The number of nitrogens with zero attached hydrogens (tertiary/aromatic N) is 1. The van der Waals surface area contributed by atoms with Gasteiger partial charge in [0.05, 0.1) is 11.8 Å². The van der Waals surface area contributed by atoms with Crippen molar-refractivity contribution in [3.05, 3.63) is 29.6 Å². The summed E-state index contributed by atoms with van der Waals surface area (Å²) in [6.45, 7) is 0.696. The lowest BCUT2D eigenvalue weighted by molar-refractivity contribution is 0.0648. The van der Waals surface area contributed by atoms with E-state index >= 15 is 0 Å². The van der Waals surface area contributed by atoms with Gasteiger partial charge in [0.2, 0.25) is 0 Å². The second kappa shape index (κ2) is 7.25. The van der Waals surface area contributed by atoms with Crippen LogP contribution >= 0.6 is 0 Å². The van der Waals surface area contributed by atoms with Gasteiger partial charge in [0.25, 0.3) is 0 Å². The van der Waals surface area contributed by atoms with Crippen molar-refractivity contribution in [3.63, 3.8) is 0 Å². The summed E-state index contributed by atoms with van der Waals surface area (Å²) in [5, 5.41) is 21.9. The molecule has 0 bridgehead atoms. The molecule has 1 aliphatic rings. The minimum atomic E-state index is -0.486. The second-order valence-corrected chi connectivity index (χ2v) is 5.46. The molecule has 2 rings (SSSR count). The number of nitriles is 1. The maximum absolute atomic E-state index is 13.4. The van der Waals surface area contributed by atoms with Crippen molar-refractivity contribution in [1.29, 1.82) is 5.26 Å². The molecule has 0 amide bonds. The van der Waals surface area contributed by atoms with Crippen LogP contribution in [0.5, 0.6) is 0 Å². The van der Waals surface area contributed by atoms with Gasteiger partial charge in [0.15, 0.2) is 0 Å². The first kappa shape index (κ1) is 14.8. The lowest BCUT2D eigenvalue weighted by Gasteiger charge is -2.27. The third-order valence-electron chi connectivity index (χ3n) is 4.06. The van der Waals surface area contributed by atoms with Gasteiger partial charge in [-0.3, -0.25) is 0 Å². The van der Waals surface area contributed by atoms with Crippen LogP contribution in [-0.4, -0.2) is 17.8 Å². The molecule has 0 aromatic heterocycles. The minimum absolute atomic E-state index is 0.0743. The Morgan fingerprint density at radius 2 is 2.15 bits per heavy atom. The zero-order valence-corrected chi connectivity index (χ0v) is 11.6. The first-order valence-electron chi connectivity index (χ1n) is 7.33. The van der Waals surface area contributed by atoms with Crippen molar-refractivity contribution < 1.29 is 9.50 Å². The van der Waals surface area contributed by atoms with E-state index in [1.54, 1.807) is 12.1 Å². The lowest BCUT2D eigenvalue weighted by Crippen LogP contribution is -2.24. The van der Waals surface area contributed by atoms with Crippen LogP contribution in [0.25, 0.3) is 0 Å². The third-order valence-corrected chi connectivity index (χ3v) is 4.06. The fourth-order valence-electron chi connectivity index (χ4n) is 2.90. The molecule has 108 valence electrons. The van der Waals surface area contributed by atoms with Gasteiger partial charge in [-0.1, -0.05) is 18.9 Å². The fourth-order valence-corrected chi connectivity index (χ4v) is 2.90. The number of hydrogen-bond acceptors (Lipinski definition) is 3. The summed E-state index contributed by atoms with van der Waals surface area (Å²) in [5.41, 5.74) is 0.627. The summed E-state index contributed by atoms with van der Waals surface area (Å²) in [7, 11) is 0. The molecule has 0 spiro atoms. The molecule has 1 aromatic carbocycles. The van der Waals surface area contributed by atoms with Crippen molar-refractivity contribution in [2.24, 2.45) is 5.92 Å². The zero-order chi connectivity index (χ0) is 14.4. The molecule has 1 saturated carbocycles. The second-order valence-electron chi connectivity index (χ2n) is 5.46. The van der Waals surface area contributed by atoms with Gasteiger partial charge in [-0.2, -0.15) is 5.26 Å². The number of rotatable bonds is 5. The average molecular weight is 276 g/mol. The summed E-state index contributed by atoms with van der Waals surface area (Å²) in [6, 6.07) is 6.50. The third kappa shape index (κ3) is 3.71. The van der Waals surface area contributed by atoms with Gasteiger partial charge in [-0.15, -0.1) is 0 Å². The van der Waals surface area contributed by atoms with Crippen molar-refractivity contribution in [2.75, 3.05) is 11.9 Å². The predicted octanol–water partition coefficient (Wildman–Crippen LogP) is 3.44. The van der Waals surface area contributed by atoms with Crippen LogP contribution in [-0.2, 0) is 0 Å². The molecule has 0 aliphatic heterocycles. The molecule has 1 aromatic rings. The quantitative estimate of drug-likeness (QED) is 0.810. The molecule has 3 nitrogen and oxygen atoms in total. The lowest BCUT2D eigenvalue weighted by atomic mass is 9.83. The summed E-state index contributed by atoms with van der Waals surface area (Å²) >= 11 is 0. The number of nitrogens with one attached hydrogen (secondary N) is 1. The molecule has 0 radical (unpaired) electrons. The molecule has 0 saturated heterocycles. The Bertz CT molecular complexity index is 484. The van der Waals surface area contributed by atoms with Crippen molar-refractivity contribution >= 4 is 5.69 Å². The van der Waals surface area contributed by atoms with Crippen molar-refractivity contribution in [3.8, 4) is 6.07 Å². The summed E-state index contributed by atoms with van der Waals surface area (Å²) in [4.78, 5) is 0. The number of halogens is 1. The van der Waals surface area contributed by atoms with Gasteiger partial charge < -0.3 is 10.4 Å². The maximum atomic E-state index is 13.4. The van der Waals surface area contributed by atoms with E-state index in [1.165, 1.54) is 12.5 Å². The summed E-state index contributed by atoms with van der Waals surface area (Å²) < 4.78 is 13.4. The molecule has 20 heavy (non-hydrogen) atoms. The topological polar surface area (TPSA) is 56.0 Å². The highest BCUT2D eigenvalue weighted by atomic mass is 19.1. The van der Waals surface area contributed by atoms with E-state index < -0.39 is 5.82 Å². The molecule has 4 heteroatoms. The maximum Gasteiger partial charge on any atom is 0.143 e. The van der Waals surface area contributed by atoms with E-state index in [-0.39, 0.29) is 11.7 Å². The highest BCUT2D eigenvalue weighted by molar-refractivity contribution is 5.57. The molecular formula is C16H21FN2O. The van der Waals surface area contributed by atoms with Crippen LogP contribution < -0.4 is 5.32 Å². The number of benzene rings is 1. The molecule has 1 fully saturated rings. The Morgan fingerprint density at radius 3 is 2.90 bits per heavy atom. The number of aliphatic hydroxyl groups excluding tert-OH is 1. The standard InChI is InChI=1S/C16H21FN2O/c17-14-7-3-8-15(13(14)11-18)19-10-4-6-12-5-1-2-9-16(12)20/h3,7-8,12,16,19-20H,1-2,4-6,9-10H2. The molecule has 2 unspecified atom stereocenters. The van der Waals surface area contributed by atoms with Crippen molar-refractivity contribution in [1.82, 2.24) is 0 Å². The van der Waals surface area contributed by atoms with Gasteiger partial charge >= 0.3 is 0 Å². The Hall–Kier alpha value is -1.60. The fraction of sp³-hybridized carbons (Fsp3) is 0.562. The Labute approximate surface area is 119 Å². The van der Waals surface area contributed by atoms with Crippen LogP contribution in [0.2, 0.25) is 0 Å². The molecule has 2 atom stereocenters. The molecule has 2 N–H and O–H groups in total. The smallest absolute Gasteiger partial charge is 0.143 e. The SMILES string of the molecule is N#Cc1c(F)cccc1NCCCC1CCCCC1O. The number of anilines is 1. The highest BCUT2D eigenvalue weighted by Gasteiger charge is 2.22. The molecule has 0 heterocycles. The van der Waals surface area contributed by atoms with E-state index in [0.717, 1.165) is 32.1 Å². The van der Waals surface area contributed by atoms with Crippen LogP contribution in [0, 0.1) is 23.1 Å². The van der Waals surface area contributed by atoms with E-state index in [2.05, 4.69) is 5.32 Å². The first-order valence-corrected chi connectivity index (χ1v) is 7.33. The number of hydrogen-bond donors (Lipinski definition) is 2. The predicted molar refractivity (Wildman–Crippen MR) is 76.8 cm³/mol. The van der Waals surface area contributed by atoms with Gasteiger partial charge in [-0.05, 0) is 43.7 Å². The first-order chi connectivity index (χ1) is 9.72. The average Bonchev–Trinajstić information content (AvgIpc) is 2.45. The Balaban J connectivity index is 1.79. The Kier molecular flexibility index (Phi) is 5.37. The van der Waals surface area contributed by atoms with Gasteiger partial charge in [-0.25, -0.2) is 4.39 Å². The van der Waals surface area contributed by atoms with E-state index in [9.17, 15) is 9.50 Å². The van der Waals surface area contributed by atoms with Gasteiger partial charge in [0, 0.05) is 6.54 Å². The molecular weight excluding hydrogens is 255 g/mol. The van der Waals surface area contributed by atoms with E-state index in [4.69, 9.17) is 5.26 Å². The molecule has 1 aliphatic carbocycles. The highest BCUT2D eigenvalue weighted by Crippen LogP contribution is 2.28. The monoisotopic (exact) mass is 276 g/mol.